The summed E-state index contributed by atoms with van der Waals surface area (Å²) in [5.74, 6) is 0. The molecule has 0 spiro atoms. The molecule has 0 fully saturated rings. The normalized spacial score (nSPS) is 11.4. The lowest BCUT2D eigenvalue weighted by molar-refractivity contribution is 0.589. The third-order valence-electron chi connectivity index (χ3n) is 2.12. The molecule has 5 nitrogen and oxygen atoms in total. The standard InChI is InChI=1S/C11H19N3O2S/c1-3-12-9-10-5-7-11(8-6-10)14-17(15,16)13-4-2/h5-8,12-14H,3-4,9H2,1-2H3. The van der Waals surface area contributed by atoms with Gasteiger partial charge in [-0.1, -0.05) is 26.0 Å². The zero-order valence-corrected chi connectivity index (χ0v) is 11.0. The molecular formula is C11H19N3O2S. The van der Waals surface area contributed by atoms with Crippen molar-refractivity contribution in [3.05, 3.63) is 29.8 Å². The molecule has 0 saturated carbocycles. The van der Waals surface area contributed by atoms with Crippen molar-refractivity contribution in [2.24, 2.45) is 0 Å². The Morgan fingerprint density at radius 3 is 2.24 bits per heavy atom. The monoisotopic (exact) mass is 257 g/mol. The van der Waals surface area contributed by atoms with Crippen molar-refractivity contribution in [3.63, 3.8) is 0 Å². The van der Waals surface area contributed by atoms with Gasteiger partial charge in [-0.15, -0.1) is 0 Å². The lowest BCUT2D eigenvalue weighted by Crippen LogP contribution is -2.29. The Bertz CT molecular complexity index is 429. The molecule has 1 aromatic rings. The Morgan fingerprint density at radius 1 is 1.06 bits per heavy atom. The molecule has 0 aliphatic carbocycles. The Morgan fingerprint density at radius 2 is 1.71 bits per heavy atom. The fourth-order valence-corrected chi connectivity index (χ4v) is 2.24. The minimum absolute atomic E-state index is 0.369. The molecule has 1 aromatic carbocycles. The van der Waals surface area contributed by atoms with E-state index in [0.717, 1.165) is 18.7 Å². The highest BCUT2D eigenvalue weighted by Gasteiger charge is 2.06. The minimum Gasteiger partial charge on any atom is -0.313 e. The van der Waals surface area contributed by atoms with Crippen LogP contribution in [0.2, 0.25) is 0 Å². The summed E-state index contributed by atoms with van der Waals surface area (Å²) in [5, 5.41) is 3.20. The third-order valence-corrected chi connectivity index (χ3v) is 3.29. The van der Waals surface area contributed by atoms with Gasteiger partial charge in [0.05, 0.1) is 0 Å². The van der Waals surface area contributed by atoms with Crippen LogP contribution in [0.3, 0.4) is 0 Å². The van der Waals surface area contributed by atoms with Gasteiger partial charge in [-0.2, -0.15) is 13.1 Å². The zero-order chi connectivity index (χ0) is 12.7. The first-order valence-electron chi connectivity index (χ1n) is 5.64. The van der Waals surface area contributed by atoms with Gasteiger partial charge in [0.15, 0.2) is 0 Å². The van der Waals surface area contributed by atoms with Crippen molar-refractivity contribution in [1.29, 1.82) is 0 Å². The first-order valence-corrected chi connectivity index (χ1v) is 7.12. The molecular weight excluding hydrogens is 238 g/mol. The quantitative estimate of drug-likeness (QED) is 0.684. The first-order chi connectivity index (χ1) is 8.07. The molecule has 17 heavy (non-hydrogen) atoms. The van der Waals surface area contributed by atoms with Gasteiger partial charge in [0.1, 0.15) is 0 Å². The van der Waals surface area contributed by atoms with Crippen LogP contribution in [0.15, 0.2) is 24.3 Å². The van der Waals surface area contributed by atoms with E-state index >= 15 is 0 Å². The van der Waals surface area contributed by atoms with Crippen molar-refractivity contribution >= 4 is 15.9 Å². The summed E-state index contributed by atoms with van der Waals surface area (Å²) in [4.78, 5) is 0. The maximum Gasteiger partial charge on any atom is 0.299 e. The Hall–Kier alpha value is -1.11. The Balaban J connectivity index is 2.62. The lowest BCUT2D eigenvalue weighted by Gasteiger charge is -2.08. The van der Waals surface area contributed by atoms with Crippen LogP contribution in [-0.4, -0.2) is 21.5 Å². The molecule has 0 aromatic heterocycles. The Kier molecular flexibility index (Phi) is 5.40. The van der Waals surface area contributed by atoms with Crippen molar-refractivity contribution in [3.8, 4) is 0 Å². The SMILES string of the molecule is CCNCc1ccc(NS(=O)(=O)NCC)cc1. The van der Waals surface area contributed by atoms with Crippen molar-refractivity contribution in [2.45, 2.75) is 20.4 Å². The molecule has 0 bridgehead atoms. The van der Waals surface area contributed by atoms with Crippen molar-refractivity contribution in [2.75, 3.05) is 17.8 Å². The molecule has 0 aliphatic heterocycles. The largest absolute Gasteiger partial charge is 0.313 e. The average molecular weight is 257 g/mol. The van der Waals surface area contributed by atoms with E-state index in [1.54, 1.807) is 19.1 Å². The molecule has 3 N–H and O–H groups in total. The predicted molar refractivity (Wildman–Crippen MR) is 70.0 cm³/mol. The van der Waals surface area contributed by atoms with Crippen LogP contribution < -0.4 is 14.8 Å². The van der Waals surface area contributed by atoms with Crippen LogP contribution in [0.5, 0.6) is 0 Å². The highest BCUT2D eigenvalue weighted by molar-refractivity contribution is 7.90. The number of nitrogens with one attached hydrogen (secondary N) is 3. The van der Waals surface area contributed by atoms with Crippen molar-refractivity contribution < 1.29 is 8.42 Å². The number of anilines is 1. The molecule has 96 valence electrons. The van der Waals surface area contributed by atoms with E-state index in [4.69, 9.17) is 0 Å². The van der Waals surface area contributed by atoms with Crippen LogP contribution in [0.4, 0.5) is 5.69 Å². The summed E-state index contributed by atoms with van der Waals surface area (Å²) in [7, 11) is -3.43. The highest BCUT2D eigenvalue weighted by atomic mass is 32.2. The van der Waals surface area contributed by atoms with E-state index in [2.05, 4.69) is 14.8 Å². The van der Waals surface area contributed by atoms with Gasteiger partial charge in [-0.3, -0.25) is 4.72 Å². The summed E-state index contributed by atoms with van der Waals surface area (Å²) < 4.78 is 27.7. The van der Waals surface area contributed by atoms with E-state index in [-0.39, 0.29) is 0 Å². The molecule has 1 rings (SSSR count). The van der Waals surface area contributed by atoms with Gasteiger partial charge < -0.3 is 5.32 Å². The molecule has 0 heterocycles. The number of hydrogen-bond acceptors (Lipinski definition) is 3. The highest BCUT2D eigenvalue weighted by Crippen LogP contribution is 2.10. The number of benzene rings is 1. The third kappa shape index (κ3) is 5.16. The van der Waals surface area contributed by atoms with Gasteiger partial charge in [0, 0.05) is 18.8 Å². The second-order valence-electron chi connectivity index (χ2n) is 3.58. The number of rotatable bonds is 7. The first kappa shape index (κ1) is 14.0. The lowest BCUT2D eigenvalue weighted by atomic mass is 10.2. The number of hydrogen-bond donors (Lipinski definition) is 3. The van der Waals surface area contributed by atoms with Gasteiger partial charge in [0.2, 0.25) is 0 Å². The maximum absolute atomic E-state index is 11.4. The summed E-state index contributed by atoms with van der Waals surface area (Å²) in [6, 6.07) is 7.29. The van der Waals surface area contributed by atoms with Crippen molar-refractivity contribution in [1.82, 2.24) is 10.0 Å². The van der Waals surface area contributed by atoms with E-state index in [9.17, 15) is 8.42 Å². The van der Waals surface area contributed by atoms with Crippen LogP contribution in [0.1, 0.15) is 19.4 Å². The molecule has 0 radical (unpaired) electrons. The van der Waals surface area contributed by atoms with E-state index in [1.165, 1.54) is 0 Å². The minimum atomic E-state index is -3.43. The van der Waals surface area contributed by atoms with Crippen LogP contribution in [0, 0.1) is 0 Å². The zero-order valence-electron chi connectivity index (χ0n) is 10.2. The molecule has 0 amide bonds. The van der Waals surface area contributed by atoms with E-state index < -0.39 is 10.2 Å². The molecule has 6 heteroatoms. The topological polar surface area (TPSA) is 70.2 Å². The van der Waals surface area contributed by atoms with Crippen LogP contribution in [-0.2, 0) is 16.8 Å². The summed E-state index contributed by atoms with van der Waals surface area (Å²) in [6.45, 7) is 5.84. The van der Waals surface area contributed by atoms with Gasteiger partial charge in [-0.25, -0.2) is 0 Å². The van der Waals surface area contributed by atoms with Gasteiger partial charge in [0.25, 0.3) is 10.2 Å². The second-order valence-corrected chi connectivity index (χ2v) is 5.08. The summed E-state index contributed by atoms with van der Waals surface area (Å²) >= 11 is 0. The molecule has 0 unspecified atom stereocenters. The van der Waals surface area contributed by atoms with Crippen LogP contribution >= 0.6 is 0 Å². The molecule has 0 atom stereocenters. The van der Waals surface area contributed by atoms with Gasteiger partial charge in [-0.05, 0) is 24.2 Å². The van der Waals surface area contributed by atoms with Gasteiger partial charge >= 0.3 is 0 Å². The smallest absolute Gasteiger partial charge is 0.299 e. The summed E-state index contributed by atoms with van der Waals surface area (Å²) in [6.07, 6.45) is 0. The summed E-state index contributed by atoms with van der Waals surface area (Å²) in [5.41, 5.74) is 1.68. The molecule has 0 saturated heterocycles. The predicted octanol–water partition coefficient (Wildman–Crippen LogP) is 1.06. The van der Waals surface area contributed by atoms with Crippen LogP contribution in [0.25, 0.3) is 0 Å². The maximum atomic E-state index is 11.4. The fraction of sp³-hybridized carbons (Fsp3) is 0.455. The molecule has 0 aliphatic rings. The van der Waals surface area contributed by atoms with E-state index in [1.807, 2.05) is 19.1 Å². The second kappa shape index (κ2) is 6.58. The van der Waals surface area contributed by atoms with E-state index in [0.29, 0.717) is 12.2 Å². The average Bonchev–Trinajstić information content (AvgIpc) is 2.27. The fourth-order valence-electron chi connectivity index (χ4n) is 1.34. The Labute approximate surface area is 103 Å².